The van der Waals surface area contributed by atoms with Crippen molar-refractivity contribution < 1.29 is 9.18 Å². The van der Waals surface area contributed by atoms with Crippen molar-refractivity contribution in [1.82, 2.24) is 15.3 Å². The second-order valence-corrected chi connectivity index (χ2v) is 6.60. The number of hydrogen-bond donors (Lipinski definition) is 1. The van der Waals surface area contributed by atoms with Gasteiger partial charge in [-0.15, -0.1) is 22.7 Å². The van der Waals surface area contributed by atoms with Crippen LogP contribution in [-0.2, 0) is 0 Å². The summed E-state index contributed by atoms with van der Waals surface area (Å²) >= 11 is 2.91. The standard InChI is InChI=1S/C15H12FN3OS2/c1-8-18-12(9-3-5-10(16)6-4-9)13(22-8)15-19-11(7-21-15)14(20)17-2/h3-7H,1-2H3,(H,17,20). The lowest BCUT2D eigenvalue weighted by Crippen LogP contribution is -2.17. The van der Waals surface area contributed by atoms with Gasteiger partial charge < -0.3 is 5.32 Å². The zero-order valence-electron chi connectivity index (χ0n) is 11.9. The number of nitrogens with zero attached hydrogens (tertiary/aromatic N) is 2. The summed E-state index contributed by atoms with van der Waals surface area (Å²) in [6, 6.07) is 6.21. The maximum absolute atomic E-state index is 13.1. The molecule has 0 saturated carbocycles. The Morgan fingerprint density at radius 3 is 2.64 bits per heavy atom. The first-order valence-electron chi connectivity index (χ1n) is 6.50. The summed E-state index contributed by atoms with van der Waals surface area (Å²) in [5.41, 5.74) is 1.98. The van der Waals surface area contributed by atoms with Crippen LogP contribution in [0.4, 0.5) is 4.39 Å². The van der Waals surface area contributed by atoms with Crippen molar-refractivity contribution in [2.75, 3.05) is 7.05 Å². The highest BCUT2D eigenvalue weighted by molar-refractivity contribution is 7.21. The lowest BCUT2D eigenvalue weighted by Gasteiger charge is -2.00. The molecule has 2 aromatic heterocycles. The van der Waals surface area contributed by atoms with Gasteiger partial charge in [0.05, 0.1) is 15.6 Å². The quantitative estimate of drug-likeness (QED) is 0.794. The van der Waals surface area contributed by atoms with Crippen LogP contribution in [-0.4, -0.2) is 22.9 Å². The number of nitrogens with one attached hydrogen (secondary N) is 1. The number of hydrogen-bond acceptors (Lipinski definition) is 5. The predicted molar refractivity (Wildman–Crippen MR) is 86.7 cm³/mol. The van der Waals surface area contributed by atoms with Gasteiger partial charge >= 0.3 is 0 Å². The normalized spacial score (nSPS) is 10.7. The molecule has 112 valence electrons. The van der Waals surface area contributed by atoms with Gasteiger partial charge in [-0.2, -0.15) is 0 Å². The van der Waals surface area contributed by atoms with E-state index in [-0.39, 0.29) is 11.7 Å². The Morgan fingerprint density at radius 2 is 1.95 bits per heavy atom. The van der Waals surface area contributed by atoms with Crippen LogP contribution >= 0.6 is 22.7 Å². The Balaban J connectivity index is 2.06. The van der Waals surface area contributed by atoms with Crippen LogP contribution in [0.3, 0.4) is 0 Å². The molecule has 7 heteroatoms. The first-order chi connectivity index (χ1) is 10.6. The molecule has 0 aliphatic carbocycles. The van der Waals surface area contributed by atoms with Gasteiger partial charge in [-0.05, 0) is 31.2 Å². The maximum Gasteiger partial charge on any atom is 0.270 e. The molecule has 0 aliphatic heterocycles. The third-order valence-corrected chi connectivity index (χ3v) is 4.98. The average molecular weight is 333 g/mol. The average Bonchev–Trinajstić information content (AvgIpc) is 3.13. The molecule has 2 heterocycles. The van der Waals surface area contributed by atoms with E-state index in [4.69, 9.17) is 0 Å². The van der Waals surface area contributed by atoms with Gasteiger partial charge in [0.2, 0.25) is 0 Å². The van der Waals surface area contributed by atoms with Crippen molar-refractivity contribution in [2.24, 2.45) is 0 Å². The minimum Gasteiger partial charge on any atom is -0.354 e. The molecule has 3 rings (SSSR count). The molecule has 1 N–H and O–H groups in total. The number of halogens is 1. The molecule has 4 nitrogen and oxygen atoms in total. The molecular weight excluding hydrogens is 321 g/mol. The number of amides is 1. The van der Waals surface area contributed by atoms with Crippen molar-refractivity contribution in [1.29, 1.82) is 0 Å². The van der Waals surface area contributed by atoms with E-state index in [1.807, 2.05) is 6.92 Å². The second kappa shape index (κ2) is 5.94. The zero-order valence-corrected chi connectivity index (χ0v) is 13.5. The lowest BCUT2D eigenvalue weighted by molar-refractivity contribution is 0.0959. The van der Waals surface area contributed by atoms with Gasteiger partial charge in [-0.1, -0.05) is 0 Å². The fourth-order valence-electron chi connectivity index (χ4n) is 1.99. The molecule has 0 saturated heterocycles. The molecule has 3 aromatic rings. The number of thiazole rings is 2. The lowest BCUT2D eigenvalue weighted by atomic mass is 10.1. The number of aryl methyl sites for hydroxylation is 1. The first kappa shape index (κ1) is 14.8. The number of carbonyl (C=O) groups is 1. The minimum absolute atomic E-state index is 0.216. The van der Waals surface area contributed by atoms with Crippen molar-refractivity contribution >= 4 is 28.6 Å². The summed E-state index contributed by atoms with van der Waals surface area (Å²) in [5.74, 6) is -0.500. The summed E-state index contributed by atoms with van der Waals surface area (Å²) in [6.45, 7) is 1.91. The molecule has 1 aromatic carbocycles. The van der Waals surface area contributed by atoms with Crippen LogP contribution < -0.4 is 5.32 Å². The highest BCUT2D eigenvalue weighted by Gasteiger charge is 2.18. The molecule has 22 heavy (non-hydrogen) atoms. The Morgan fingerprint density at radius 1 is 1.23 bits per heavy atom. The van der Waals surface area contributed by atoms with Gasteiger partial charge in [0.1, 0.15) is 16.5 Å². The molecule has 0 aliphatic rings. The Labute approximate surface area is 134 Å². The largest absolute Gasteiger partial charge is 0.354 e. The molecule has 0 unspecified atom stereocenters. The van der Waals surface area contributed by atoms with E-state index in [2.05, 4.69) is 15.3 Å². The topological polar surface area (TPSA) is 54.9 Å². The van der Waals surface area contributed by atoms with Crippen LogP contribution in [0, 0.1) is 12.7 Å². The minimum atomic E-state index is -0.284. The fraction of sp³-hybridized carbons (Fsp3) is 0.133. The molecule has 1 amide bonds. The Kier molecular flexibility index (Phi) is 4.00. The number of carbonyl (C=O) groups excluding carboxylic acids is 1. The van der Waals surface area contributed by atoms with E-state index in [9.17, 15) is 9.18 Å². The van der Waals surface area contributed by atoms with E-state index in [0.29, 0.717) is 5.69 Å². The van der Waals surface area contributed by atoms with Crippen molar-refractivity contribution in [3.05, 3.63) is 46.2 Å². The third kappa shape index (κ3) is 2.77. The Bertz CT molecular complexity index is 824. The summed E-state index contributed by atoms with van der Waals surface area (Å²) in [5, 5.41) is 5.91. The Hall–Kier alpha value is -2.12. The SMILES string of the molecule is CNC(=O)c1csc(-c2sc(C)nc2-c2ccc(F)cc2)n1. The van der Waals surface area contributed by atoms with Crippen LogP contribution in [0.5, 0.6) is 0 Å². The molecule has 0 radical (unpaired) electrons. The maximum atomic E-state index is 13.1. The highest BCUT2D eigenvalue weighted by Crippen LogP contribution is 2.38. The second-order valence-electron chi connectivity index (χ2n) is 4.53. The van der Waals surface area contributed by atoms with E-state index >= 15 is 0 Å². The van der Waals surface area contributed by atoms with Crippen LogP contribution in [0.1, 0.15) is 15.5 Å². The summed E-state index contributed by atoms with van der Waals surface area (Å²) in [7, 11) is 1.57. The van der Waals surface area contributed by atoms with Crippen LogP contribution in [0.2, 0.25) is 0 Å². The molecular formula is C15H12FN3OS2. The van der Waals surface area contributed by atoms with Gasteiger partial charge in [-0.3, -0.25) is 4.79 Å². The molecule has 0 fully saturated rings. The highest BCUT2D eigenvalue weighted by atomic mass is 32.1. The van der Waals surface area contributed by atoms with Gasteiger partial charge in [0.15, 0.2) is 0 Å². The fourth-order valence-corrected chi connectivity index (χ4v) is 3.82. The van der Waals surface area contributed by atoms with Gasteiger partial charge in [-0.25, -0.2) is 14.4 Å². The van der Waals surface area contributed by atoms with Gasteiger partial charge in [0, 0.05) is 18.0 Å². The van der Waals surface area contributed by atoms with E-state index in [1.54, 1.807) is 24.6 Å². The van der Waals surface area contributed by atoms with Crippen molar-refractivity contribution in [3.63, 3.8) is 0 Å². The third-order valence-electron chi connectivity index (χ3n) is 3.01. The van der Waals surface area contributed by atoms with Crippen LogP contribution in [0.15, 0.2) is 29.6 Å². The smallest absolute Gasteiger partial charge is 0.270 e. The van der Waals surface area contributed by atoms with Gasteiger partial charge in [0.25, 0.3) is 5.91 Å². The number of rotatable bonds is 3. The summed E-state index contributed by atoms with van der Waals surface area (Å²) < 4.78 is 13.1. The van der Waals surface area contributed by atoms with Crippen molar-refractivity contribution in [3.8, 4) is 21.1 Å². The van der Waals surface area contributed by atoms with E-state index in [1.165, 1.54) is 34.8 Å². The molecule has 0 spiro atoms. The van der Waals surface area contributed by atoms with Crippen molar-refractivity contribution in [2.45, 2.75) is 6.92 Å². The van der Waals surface area contributed by atoms with E-state index < -0.39 is 0 Å². The van der Waals surface area contributed by atoms with E-state index in [0.717, 1.165) is 26.1 Å². The number of aromatic nitrogens is 2. The number of benzene rings is 1. The monoisotopic (exact) mass is 333 g/mol. The summed E-state index contributed by atoms with van der Waals surface area (Å²) in [6.07, 6.45) is 0. The zero-order chi connectivity index (χ0) is 15.7. The molecule has 0 bridgehead atoms. The summed E-state index contributed by atoms with van der Waals surface area (Å²) in [4.78, 5) is 21.4. The molecule has 0 atom stereocenters. The van der Waals surface area contributed by atoms with Crippen LogP contribution in [0.25, 0.3) is 21.1 Å². The first-order valence-corrected chi connectivity index (χ1v) is 8.19. The predicted octanol–water partition coefficient (Wildman–Crippen LogP) is 3.74.